The van der Waals surface area contributed by atoms with Crippen molar-refractivity contribution >= 4 is 17.9 Å². The Bertz CT molecular complexity index is 960. The second-order valence-electron chi connectivity index (χ2n) is 8.03. The van der Waals surface area contributed by atoms with Gasteiger partial charge in [-0.2, -0.15) is 0 Å². The molecule has 2 aromatic carbocycles. The minimum Gasteiger partial charge on any atom is -0.448 e. The molecule has 3 N–H and O–H groups in total. The molecule has 0 bridgehead atoms. The van der Waals surface area contributed by atoms with Crippen molar-refractivity contribution in [3.63, 3.8) is 0 Å². The number of ether oxygens (including phenoxy) is 1. The largest absolute Gasteiger partial charge is 0.448 e. The van der Waals surface area contributed by atoms with Crippen molar-refractivity contribution in [2.45, 2.75) is 44.2 Å². The third kappa shape index (κ3) is 4.00. The summed E-state index contributed by atoms with van der Waals surface area (Å²) in [5.41, 5.74) is 9.93. The highest BCUT2D eigenvalue weighted by Crippen LogP contribution is 2.44. The number of fused-ring (bicyclic) bond motifs is 3. The highest BCUT2D eigenvalue weighted by Gasteiger charge is 2.37. The first-order valence-corrected chi connectivity index (χ1v) is 10.7. The monoisotopic (exact) mass is 421 g/mol. The SMILES string of the molecule is CC[C@H](NC(=O)C1CCCN1C(=O)OCC1c2ccccc2-c2ccccc21)C(N)=O. The highest BCUT2D eigenvalue weighted by atomic mass is 16.6. The normalized spacial score (nSPS) is 18.2. The molecule has 0 radical (unpaired) electrons. The Morgan fingerprint density at radius 3 is 2.29 bits per heavy atom. The number of primary amides is 1. The zero-order chi connectivity index (χ0) is 22.0. The molecule has 0 spiro atoms. The number of likely N-dealkylation sites (tertiary alicyclic amines) is 1. The molecule has 1 heterocycles. The number of hydrogen-bond donors (Lipinski definition) is 2. The molecule has 2 aromatic rings. The van der Waals surface area contributed by atoms with Crippen molar-refractivity contribution in [2.24, 2.45) is 5.73 Å². The molecule has 2 atom stereocenters. The summed E-state index contributed by atoms with van der Waals surface area (Å²) in [6.45, 7) is 2.42. The molecule has 31 heavy (non-hydrogen) atoms. The summed E-state index contributed by atoms with van der Waals surface area (Å²) in [7, 11) is 0. The van der Waals surface area contributed by atoms with E-state index in [1.165, 1.54) is 4.90 Å². The minimum absolute atomic E-state index is 0.0365. The minimum atomic E-state index is -0.738. The lowest BCUT2D eigenvalue weighted by Gasteiger charge is -2.25. The molecular weight excluding hydrogens is 394 g/mol. The summed E-state index contributed by atoms with van der Waals surface area (Å²) < 4.78 is 5.70. The topological polar surface area (TPSA) is 102 Å². The third-order valence-corrected chi connectivity index (χ3v) is 6.19. The zero-order valence-corrected chi connectivity index (χ0v) is 17.5. The van der Waals surface area contributed by atoms with Crippen LogP contribution in [-0.2, 0) is 14.3 Å². The van der Waals surface area contributed by atoms with E-state index in [1.54, 1.807) is 6.92 Å². The van der Waals surface area contributed by atoms with E-state index in [2.05, 4.69) is 29.6 Å². The van der Waals surface area contributed by atoms with Gasteiger partial charge in [0.2, 0.25) is 11.8 Å². The Kier molecular flexibility index (Phi) is 5.93. The zero-order valence-electron chi connectivity index (χ0n) is 17.5. The van der Waals surface area contributed by atoms with Gasteiger partial charge < -0.3 is 15.8 Å². The summed E-state index contributed by atoms with van der Waals surface area (Å²) in [5.74, 6) is -0.983. The van der Waals surface area contributed by atoms with Gasteiger partial charge in [0.25, 0.3) is 0 Å². The molecule has 1 saturated heterocycles. The Morgan fingerprint density at radius 2 is 1.71 bits per heavy atom. The maximum absolute atomic E-state index is 12.9. The lowest BCUT2D eigenvalue weighted by atomic mass is 9.98. The number of carbonyl (C=O) groups excluding carboxylic acids is 3. The van der Waals surface area contributed by atoms with Crippen LogP contribution in [0.15, 0.2) is 48.5 Å². The molecule has 1 fully saturated rings. The van der Waals surface area contributed by atoms with Gasteiger partial charge in [-0.1, -0.05) is 55.5 Å². The first kappa shape index (κ1) is 20.9. The smallest absolute Gasteiger partial charge is 0.410 e. The fourth-order valence-electron chi connectivity index (χ4n) is 4.58. The van der Waals surface area contributed by atoms with E-state index >= 15 is 0 Å². The van der Waals surface area contributed by atoms with Crippen molar-refractivity contribution in [1.29, 1.82) is 0 Å². The van der Waals surface area contributed by atoms with E-state index in [0.717, 1.165) is 22.3 Å². The fourth-order valence-corrected chi connectivity index (χ4v) is 4.58. The molecule has 4 rings (SSSR count). The molecule has 1 aliphatic heterocycles. The van der Waals surface area contributed by atoms with Crippen LogP contribution in [0.3, 0.4) is 0 Å². The van der Waals surface area contributed by atoms with E-state index < -0.39 is 24.1 Å². The Morgan fingerprint density at radius 1 is 1.10 bits per heavy atom. The van der Waals surface area contributed by atoms with Crippen molar-refractivity contribution in [3.05, 3.63) is 59.7 Å². The van der Waals surface area contributed by atoms with Crippen LogP contribution in [0.25, 0.3) is 11.1 Å². The standard InChI is InChI=1S/C24H27N3O4/c1-2-20(22(25)28)26-23(29)21-12-7-13-27(21)24(30)31-14-19-17-10-5-3-8-15(17)16-9-4-6-11-18(16)19/h3-6,8-11,19-21H,2,7,12-14H2,1H3,(H2,25,28)(H,26,29)/t20-,21?/m0/s1. The van der Waals surface area contributed by atoms with E-state index in [9.17, 15) is 14.4 Å². The Balaban J connectivity index is 1.44. The predicted octanol–water partition coefficient (Wildman–Crippen LogP) is 2.78. The van der Waals surface area contributed by atoms with E-state index in [1.807, 2.05) is 24.3 Å². The van der Waals surface area contributed by atoms with Crippen LogP contribution in [0.5, 0.6) is 0 Å². The number of rotatable bonds is 6. The summed E-state index contributed by atoms with van der Waals surface area (Å²) >= 11 is 0. The van der Waals surface area contributed by atoms with E-state index in [-0.39, 0.29) is 18.4 Å². The van der Waals surface area contributed by atoms with Crippen molar-refractivity contribution in [3.8, 4) is 11.1 Å². The molecule has 7 nitrogen and oxygen atoms in total. The molecule has 3 amide bonds. The van der Waals surface area contributed by atoms with Crippen LogP contribution in [0.4, 0.5) is 4.79 Å². The van der Waals surface area contributed by atoms with Crippen LogP contribution < -0.4 is 11.1 Å². The second kappa shape index (κ2) is 8.79. The molecule has 1 unspecified atom stereocenters. The number of nitrogens with two attached hydrogens (primary N) is 1. The number of benzene rings is 2. The third-order valence-electron chi connectivity index (χ3n) is 6.19. The molecule has 7 heteroatoms. The summed E-state index contributed by atoms with van der Waals surface area (Å²) in [5, 5.41) is 2.65. The maximum Gasteiger partial charge on any atom is 0.410 e. The van der Waals surface area contributed by atoms with Gasteiger partial charge in [-0.25, -0.2) is 4.79 Å². The van der Waals surface area contributed by atoms with Crippen molar-refractivity contribution in [1.82, 2.24) is 10.2 Å². The first-order valence-electron chi connectivity index (χ1n) is 10.7. The molecule has 0 aromatic heterocycles. The molecule has 0 saturated carbocycles. The quantitative estimate of drug-likeness (QED) is 0.749. The summed E-state index contributed by atoms with van der Waals surface area (Å²) in [6.07, 6.45) is 1.13. The Hall–Kier alpha value is -3.35. The van der Waals surface area contributed by atoms with Crippen LogP contribution >= 0.6 is 0 Å². The van der Waals surface area contributed by atoms with E-state index in [4.69, 9.17) is 10.5 Å². The van der Waals surface area contributed by atoms with Crippen LogP contribution in [0.1, 0.15) is 43.2 Å². The van der Waals surface area contributed by atoms with Gasteiger partial charge in [0.1, 0.15) is 18.7 Å². The molecule has 162 valence electrons. The van der Waals surface area contributed by atoms with Gasteiger partial charge in [-0.05, 0) is 41.5 Å². The summed E-state index contributed by atoms with van der Waals surface area (Å²) in [4.78, 5) is 38.4. The van der Waals surface area contributed by atoms with Gasteiger partial charge in [0, 0.05) is 12.5 Å². The number of carbonyl (C=O) groups is 3. The number of nitrogens with one attached hydrogen (secondary N) is 1. The maximum atomic E-state index is 12.9. The fraction of sp³-hybridized carbons (Fsp3) is 0.375. The van der Waals surface area contributed by atoms with Crippen LogP contribution in [-0.4, -0.2) is 48.0 Å². The van der Waals surface area contributed by atoms with Gasteiger partial charge >= 0.3 is 6.09 Å². The van der Waals surface area contributed by atoms with Crippen LogP contribution in [0, 0.1) is 0 Å². The van der Waals surface area contributed by atoms with Gasteiger partial charge in [-0.15, -0.1) is 0 Å². The van der Waals surface area contributed by atoms with Gasteiger partial charge in [0.05, 0.1) is 0 Å². The molecule has 2 aliphatic rings. The average Bonchev–Trinajstić information content (AvgIpc) is 3.39. The van der Waals surface area contributed by atoms with Crippen molar-refractivity contribution in [2.75, 3.05) is 13.2 Å². The molecule has 1 aliphatic carbocycles. The van der Waals surface area contributed by atoms with Gasteiger partial charge in [0.15, 0.2) is 0 Å². The Labute approximate surface area is 181 Å². The van der Waals surface area contributed by atoms with Crippen molar-refractivity contribution < 1.29 is 19.1 Å². The predicted molar refractivity (Wildman–Crippen MR) is 116 cm³/mol. The number of amides is 3. The van der Waals surface area contributed by atoms with Gasteiger partial charge in [-0.3, -0.25) is 14.5 Å². The number of nitrogens with zero attached hydrogens (tertiary/aromatic N) is 1. The second-order valence-corrected chi connectivity index (χ2v) is 8.03. The lowest BCUT2D eigenvalue weighted by molar-refractivity contribution is -0.130. The van der Waals surface area contributed by atoms with Crippen LogP contribution in [0.2, 0.25) is 0 Å². The van der Waals surface area contributed by atoms with E-state index in [0.29, 0.717) is 25.8 Å². The molecular formula is C24H27N3O4. The average molecular weight is 421 g/mol. The highest BCUT2D eigenvalue weighted by molar-refractivity contribution is 5.91. The lowest BCUT2D eigenvalue weighted by Crippen LogP contribution is -2.52. The first-order chi connectivity index (χ1) is 15.0. The summed E-state index contributed by atoms with van der Waals surface area (Å²) in [6, 6.07) is 14.9. The number of hydrogen-bond acceptors (Lipinski definition) is 4.